The second-order valence-corrected chi connectivity index (χ2v) is 8.34. The maximum atomic E-state index is 12.8. The van der Waals surface area contributed by atoms with Crippen LogP contribution in [0.3, 0.4) is 0 Å². The van der Waals surface area contributed by atoms with Gasteiger partial charge in [0.2, 0.25) is 5.91 Å². The number of nitrogens with one attached hydrogen (secondary N) is 2. The van der Waals surface area contributed by atoms with E-state index in [1.807, 2.05) is 31.4 Å². The third-order valence-electron chi connectivity index (χ3n) is 5.28. The minimum Gasteiger partial charge on any atom is -0.353 e. The number of carbonyl (C=O) groups is 2. The van der Waals surface area contributed by atoms with Crippen LogP contribution in [-0.2, 0) is 10.2 Å². The molecular formula is C21H26N2O2S. The summed E-state index contributed by atoms with van der Waals surface area (Å²) >= 11 is 1.38. The van der Waals surface area contributed by atoms with E-state index in [4.69, 9.17) is 0 Å². The van der Waals surface area contributed by atoms with E-state index >= 15 is 0 Å². The highest BCUT2D eigenvalue weighted by atomic mass is 32.1. The van der Waals surface area contributed by atoms with Crippen molar-refractivity contribution >= 4 is 23.2 Å². The lowest BCUT2D eigenvalue weighted by atomic mass is 9.64. The zero-order valence-electron chi connectivity index (χ0n) is 15.3. The standard InChI is InChI=1S/C21H26N2O2S/c1-15(2)18(23-19(24)17-10-6-13-26-17)20(25)22-14-21(11-7-12-21)16-8-4-3-5-9-16/h3-6,8-10,13,15,18H,7,11-12,14H2,1-2H3,(H,22,25)(H,23,24). The number of benzene rings is 1. The predicted molar refractivity (Wildman–Crippen MR) is 105 cm³/mol. The number of rotatable bonds is 7. The highest BCUT2D eigenvalue weighted by molar-refractivity contribution is 7.12. The number of hydrogen-bond donors (Lipinski definition) is 2. The molecule has 1 atom stereocenters. The van der Waals surface area contributed by atoms with Gasteiger partial charge < -0.3 is 10.6 Å². The zero-order chi connectivity index (χ0) is 18.6. The van der Waals surface area contributed by atoms with Gasteiger partial charge >= 0.3 is 0 Å². The first-order valence-electron chi connectivity index (χ1n) is 9.19. The third kappa shape index (κ3) is 3.98. The second kappa shape index (κ2) is 8.04. The Labute approximate surface area is 159 Å². The maximum absolute atomic E-state index is 12.8. The Morgan fingerprint density at radius 1 is 1.12 bits per heavy atom. The van der Waals surface area contributed by atoms with Gasteiger partial charge in [-0.2, -0.15) is 0 Å². The number of amides is 2. The van der Waals surface area contributed by atoms with Gasteiger partial charge in [0, 0.05) is 12.0 Å². The molecule has 0 radical (unpaired) electrons. The van der Waals surface area contributed by atoms with Crippen LogP contribution in [0.4, 0.5) is 0 Å². The summed E-state index contributed by atoms with van der Waals surface area (Å²) in [5.41, 5.74) is 1.33. The van der Waals surface area contributed by atoms with E-state index in [1.165, 1.54) is 23.3 Å². The molecule has 1 heterocycles. The van der Waals surface area contributed by atoms with E-state index in [1.54, 1.807) is 6.07 Å². The molecule has 2 amide bonds. The normalized spacial score (nSPS) is 16.6. The fourth-order valence-corrected chi connectivity index (χ4v) is 4.11. The van der Waals surface area contributed by atoms with Gasteiger partial charge in [-0.1, -0.05) is 56.7 Å². The van der Waals surface area contributed by atoms with Crippen LogP contribution in [0, 0.1) is 5.92 Å². The minimum absolute atomic E-state index is 0.0213. The fraction of sp³-hybridized carbons (Fsp3) is 0.429. The van der Waals surface area contributed by atoms with Crippen molar-refractivity contribution in [3.05, 3.63) is 58.3 Å². The van der Waals surface area contributed by atoms with Gasteiger partial charge in [-0.05, 0) is 35.8 Å². The van der Waals surface area contributed by atoms with Crippen molar-refractivity contribution in [1.82, 2.24) is 10.6 Å². The van der Waals surface area contributed by atoms with Crippen LogP contribution < -0.4 is 10.6 Å². The molecular weight excluding hydrogens is 344 g/mol. The largest absolute Gasteiger partial charge is 0.353 e. The van der Waals surface area contributed by atoms with E-state index in [0.717, 1.165) is 12.8 Å². The summed E-state index contributed by atoms with van der Waals surface area (Å²) < 4.78 is 0. The molecule has 26 heavy (non-hydrogen) atoms. The van der Waals surface area contributed by atoms with Crippen molar-refractivity contribution in [1.29, 1.82) is 0 Å². The molecule has 2 N–H and O–H groups in total. The average molecular weight is 371 g/mol. The van der Waals surface area contributed by atoms with Gasteiger partial charge in [0.05, 0.1) is 4.88 Å². The Balaban J connectivity index is 1.64. The third-order valence-corrected chi connectivity index (χ3v) is 6.15. The molecule has 0 saturated heterocycles. The summed E-state index contributed by atoms with van der Waals surface area (Å²) in [4.78, 5) is 25.7. The van der Waals surface area contributed by atoms with Gasteiger partial charge in [-0.3, -0.25) is 9.59 Å². The molecule has 1 aromatic heterocycles. The van der Waals surface area contributed by atoms with Crippen LogP contribution in [-0.4, -0.2) is 24.4 Å². The molecule has 0 bridgehead atoms. The first-order valence-corrected chi connectivity index (χ1v) is 10.1. The van der Waals surface area contributed by atoms with Crippen molar-refractivity contribution in [3.63, 3.8) is 0 Å². The smallest absolute Gasteiger partial charge is 0.262 e. The van der Waals surface area contributed by atoms with Crippen molar-refractivity contribution in [2.45, 2.75) is 44.6 Å². The summed E-state index contributed by atoms with van der Waals surface area (Å²) in [7, 11) is 0. The summed E-state index contributed by atoms with van der Waals surface area (Å²) in [5.74, 6) is -0.268. The molecule has 138 valence electrons. The first-order chi connectivity index (χ1) is 12.5. The topological polar surface area (TPSA) is 58.2 Å². The molecule has 0 aliphatic heterocycles. The zero-order valence-corrected chi connectivity index (χ0v) is 16.1. The summed E-state index contributed by atoms with van der Waals surface area (Å²) in [5, 5.41) is 7.86. The summed E-state index contributed by atoms with van der Waals surface area (Å²) in [6.07, 6.45) is 3.36. The lowest BCUT2D eigenvalue weighted by molar-refractivity contribution is -0.124. The van der Waals surface area contributed by atoms with Crippen LogP contribution in [0.25, 0.3) is 0 Å². The Morgan fingerprint density at radius 3 is 2.38 bits per heavy atom. The predicted octanol–water partition coefficient (Wildman–Crippen LogP) is 3.74. The van der Waals surface area contributed by atoms with Gasteiger partial charge in [-0.15, -0.1) is 11.3 Å². The van der Waals surface area contributed by atoms with Crippen molar-refractivity contribution in [3.8, 4) is 0 Å². The van der Waals surface area contributed by atoms with Crippen molar-refractivity contribution in [2.75, 3.05) is 6.54 Å². The van der Waals surface area contributed by atoms with Crippen molar-refractivity contribution in [2.24, 2.45) is 5.92 Å². The Kier molecular flexibility index (Phi) is 5.77. The molecule has 4 nitrogen and oxygen atoms in total. The van der Waals surface area contributed by atoms with Gasteiger partial charge in [0.25, 0.3) is 5.91 Å². The van der Waals surface area contributed by atoms with Crippen molar-refractivity contribution < 1.29 is 9.59 Å². The molecule has 1 aromatic carbocycles. The van der Waals surface area contributed by atoms with Gasteiger partial charge in [0.1, 0.15) is 6.04 Å². The Bertz CT molecular complexity index is 737. The fourth-order valence-electron chi connectivity index (χ4n) is 3.48. The molecule has 1 fully saturated rings. The first kappa shape index (κ1) is 18.6. The van der Waals surface area contributed by atoms with Crippen LogP contribution in [0.15, 0.2) is 47.8 Å². The van der Waals surface area contributed by atoms with E-state index in [9.17, 15) is 9.59 Å². The Hall–Kier alpha value is -2.14. The number of hydrogen-bond acceptors (Lipinski definition) is 3. The van der Waals surface area contributed by atoms with Crippen LogP contribution in [0.2, 0.25) is 0 Å². The number of thiophene rings is 1. The van der Waals surface area contributed by atoms with E-state index in [-0.39, 0.29) is 23.1 Å². The molecule has 1 aliphatic carbocycles. The highest BCUT2D eigenvalue weighted by Gasteiger charge is 2.39. The van der Waals surface area contributed by atoms with Crippen LogP contribution in [0.5, 0.6) is 0 Å². The van der Waals surface area contributed by atoms with Gasteiger partial charge in [-0.25, -0.2) is 0 Å². The van der Waals surface area contributed by atoms with E-state index < -0.39 is 6.04 Å². The SMILES string of the molecule is CC(C)C(NC(=O)c1cccs1)C(=O)NCC1(c2ccccc2)CCC1. The van der Waals surface area contributed by atoms with E-state index in [0.29, 0.717) is 11.4 Å². The second-order valence-electron chi connectivity index (χ2n) is 7.39. The molecule has 1 unspecified atom stereocenters. The maximum Gasteiger partial charge on any atom is 0.262 e. The summed E-state index contributed by atoms with van der Waals surface area (Å²) in [6, 6.07) is 13.5. The number of carbonyl (C=O) groups excluding carboxylic acids is 2. The quantitative estimate of drug-likeness (QED) is 0.780. The Morgan fingerprint density at radius 2 is 1.85 bits per heavy atom. The molecule has 3 rings (SSSR count). The lowest BCUT2D eigenvalue weighted by Gasteiger charge is -2.43. The molecule has 0 spiro atoms. The molecule has 1 aliphatic rings. The van der Waals surface area contributed by atoms with Crippen LogP contribution >= 0.6 is 11.3 Å². The molecule has 5 heteroatoms. The monoisotopic (exact) mass is 370 g/mol. The minimum atomic E-state index is -0.530. The molecule has 1 saturated carbocycles. The van der Waals surface area contributed by atoms with Crippen LogP contribution in [0.1, 0.15) is 48.3 Å². The summed E-state index contributed by atoms with van der Waals surface area (Å²) in [6.45, 7) is 4.53. The van der Waals surface area contributed by atoms with Gasteiger partial charge in [0.15, 0.2) is 0 Å². The highest BCUT2D eigenvalue weighted by Crippen LogP contribution is 2.43. The average Bonchev–Trinajstić information content (AvgIpc) is 3.13. The molecule has 2 aromatic rings. The lowest BCUT2D eigenvalue weighted by Crippen LogP contribution is -2.53. The van der Waals surface area contributed by atoms with E-state index in [2.05, 4.69) is 34.9 Å².